The van der Waals surface area contributed by atoms with Gasteiger partial charge in [-0.05, 0) is 56.4 Å². The maximum atomic E-state index is 13.0. The Kier molecular flexibility index (Phi) is 4.43. The van der Waals surface area contributed by atoms with Gasteiger partial charge in [-0.25, -0.2) is 9.07 Å². The van der Waals surface area contributed by atoms with Crippen LogP contribution < -0.4 is 5.32 Å². The van der Waals surface area contributed by atoms with Crippen molar-refractivity contribution >= 4 is 5.91 Å². The lowest BCUT2D eigenvalue weighted by Crippen LogP contribution is -2.37. The molecule has 1 fully saturated rings. The summed E-state index contributed by atoms with van der Waals surface area (Å²) < 4.78 is 14.6. The number of nitrogens with one attached hydrogen (secondary N) is 1. The average molecular weight is 317 g/mol. The molecule has 6 heteroatoms. The van der Waals surface area contributed by atoms with E-state index >= 15 is 0 Å². The largest absolute Gasteiger partial charge is 0.396 e. The number of hydrogen-bond donors (Lipinski definition) is 2. The van der Waals surface area contributed by atoms with Crippen molar-refractivity contribution in [1.82, 2.24) is 15.1 Å². The number of aliphatic hydroxyl groups excluding tert-OH is 1. The maximum absolute atomic E-state index is 13.0. The zero-order chi connectivity index (χ0) is 16.4. The molecule has 1 atom stereocenters. The fraction of sp³-hybridized carbons (Fsp3) is 0.412. The number of carbonyl (C=O) groups excluding carboxylic acids is 1. The van der Waals surface area contributed by atoms with Crippen LogP contribution in [0.3, 0.4) is 0 Å². The predicted octanol–water partition coefficient (Wildman–Crippen LogP) is 2.21. The molecule has 1 saturated carbocycles. The lowest BCUT2D eigenvalue weighted by atomic mass is 10.1. The predicted molar refractivity (Wildman–Crippen MR) is 83.9 cm³/mol. The van der Waals surface area contributed by atoms with Gasteiger partial charge in [0, 0.05) is 12.6 Å². The average Bonchev–Trinajstić information content (AvgIpc) is 3.31. The minimum absolute atomic E-state index is 0.0149. The van der Waals surface area contributed by atoms with Gasteiger partial charge >= 0.3 is 0 Å². The van der Waals surface area contributed by atoms with Crippen molar-refractivity contribution in [2.24, 2.45) is 5.92 Å². The molecule has 1 unspecified atom stereocenters. The van der Waals surface area contributed by atoms with Crippen LogP contribution in [0.1, 0.15) is 35.3 Å². The molecule has 1 aromatic carbocycles. The fourth-order valence-corrected chi connectivity index (χ4v) is 2.78. The normalized spacial score (nSPS) is 15.4. The zero-order valence-electron chi connectivity index (χ0n) is 13.0. The van der Waals surface area contributed by atoms with E-state index in [-0.39, 0.29) is 24.4 Å². The Morgan fingerprint density at radius 3 is 2.74 bits per heavy atom. The second kappa shape index (κ2) is 6.50. The third-order valence-electron chi connectivity index (χ3n) is 4.27. The summed E-state index contributed by atoms with van der Waals surface area (Å²) in [6.07, 6.45) is 4.29. The topological polar surface area (TPSA) is 67.2 Å². The van der Waals surface area contributed by atoms with Crippen LogP contribution in [0.25, 0.3) is 5.69 Å². The summed E-state index contributed by atoms with van der Waals surface area (Å²) >= 11 is 0. The van der Waals surface area contributed by atoms with Gasteiger partial charge in [-0.2, -0.15) is 5.10 Å². The van der Waals surface area contributed by atoms with Gasteiger partial charge in [0.15, 0.2) is 0 Å². The minimum atomic E-state index is -0.312. The molecular formula is C17H20FN3O2. The Labute approximate surface area is 134 Å². The van der Waals surface area contributed by atoms with Crippen molar-refractivity contribution in [2.45, 2.75) is 32.2 Å². The number of halogens is 1. The summed E-state index contributed by atoms with van der Waals surface area (Å²) in [6.45, 7) is 1.87. The number of hydrogen-bond acceptors (Lipinski definition) is 3. The lowest BCUT2D eigenvalue weighted by Gasteiger charge is -2.17. The number of amides is 1. The van der Waals surface area contributed by atoms with Crippen molar-refractivity contribution in [1.29, 1.82) is 0 Å². The van der Waals surface area contributed by atoms with Gasteiger partial charge in [0.2, 0.25) is 0 Å². The smallest absolute Gasteiger partial charge is 0.254 e. The monoisotopic (exact) mass is 317 g/mol. The Morgan fingerprint density at radius 2 is 2.13 bits per heavy atom. The first kappa shape index (κ1) is 15.7. The lowest BCUT2D eigenvalue weighted by molar-refractivity contribution is 0.0923. The van der Waals surface area contributed by atoms with Crippen LogP contribution in [0.5, 0.6) is 0 Å². The second-order valence-electron chi connectivity index (χ2n) is 5.96. The molecule has 2 aromatic rings. The first-order valence-electron chi connectivity index (χ1n) is 7.82. The highest BCUT2D eigenvalue weighted by molar-refractivity contribution is 5.95. The van der Waals surface area contributed by atoms with Gasteiger partial charge in [0.25, 0.3) is 5.91 Å². The zero-order valence-corrected chi connectivity index (χ0v) is 13.0. The molecule has 0 saturated heterocycles. The Hall–Kier alpha value is -2.21. The molecule has 0 spiro atoms. The second-order valence-corrected chi connectivity index (χ2v) is 5.96. The van der Waals surface area contributed by atoms with E-state index in [0.717, 1.165) is 12.8 Å². The first-order chi connectivity index (χ1) is 11.1. The molecular weight excluding hydrogens is 297 g/mol. The standard InChI is InChI=1S/C17H20FN3O2/c1-11-15(17(23)20-16(8-9-22)12-2-3-12)10-19-21(11)14-6-4-13(18)5-7-14/h4-7,10,12,16,22H,2-3,8-9H2,1H3,(H,20,23). The van der Waals surface area contributed by atoms with Crippen LogP contribution in [0.4, 0.5) is 4.39 Å². The van der Waals surface area contributed by atoms with Crippen LogP contribution in [-0.4, -0.2) is 33.4 Å². The number of benzene rings is 1. The fourth-order valence-electron chi connectivity index (χ4n) is 2.78. The van der Waals surface area contributed by atoms with Crippen LogP contribution in [0, 0.1) is 18.7 Å². The van der Waals surface area contributed by atoms with E-state index in [9.17, 15) is 9.18 Å². The molecule has 2 N–H and O–H groups in total. The van der Waals surface area contributed by atoms with E-state index in [1.807, 2.05) is 6.92 Å². The summed E-state index contributed by atoms with van der Waals surface area (Å²) in [5.41, 5.74) is 1.91. The number of nitrogens with zero attached hydrogens (tertiary/aromatic N) is 2. The summed E-state index contributed by atoms with van der Waals surface area (Å²) in [5.74, 6) is -0.0208. The molecule has 0 radical (unpaired) electrons. The van der Waals surface area contributed by atoms with Crippen LogP contribution in [0.2, 0.25) is 0 Å². The molecule has 1 aromatic heterocycles. The first-order valence-corrected chi connectivity index (χ1v) is 7.82. The number of aromatic nitrogens is 2. The Bertz CT molecular complexity index is 692. The molecule has 1 amide bonds. The summed E-state index contributed by atoms with van der Waals surface area (Å²) in [4.78, 5) is 12.5. The Balaban J connectivity index is 1.78. The van der Waals surface area contributed by atoms with Crippen molar-refractivity contribution in [2.75, 3.05) is 6.61 Å². The highest BCUT2D eigenvalue weighted by atomic mass is 19.1. The van der Waals surface area contributed by atoms with Gasteiger partial charge in [0.05, 0.1) is 23.1 Å². The van der Waals surface area contributed by atoms with E-state index in [4.69, 9.17) is 5.11 Å². The van der Waals surface area contributed by atoms with Gasteiger partial charge in [-0.1, -0.05) is 0 Å². The molecule has 23 heavy (non-hydrogen) atoms. The number of carbonyl (C=O) groups is 1. The van der Waals surface area contributed by atoms with Crippen LogP contribution >= 0.6 is 0 Å². The van der Waals surface area contributed by atoms with E-state index in [1.165, 1.54) is 18.3 Å². The Morgan fingerprint density at radius 1 is 1.43 bits per heavy atom. The highest BCUT2D eigenvalue weighted by Crippen LogP contribution is 2.34. The summed E-state index contributed by atoms with van der Waals surface area (Å²) in [7, 11) is 0. The van der Waals surface area contributed by atoms with E-state index in [1.54, 1.807) is 16.8 Å². The SMILES string of the molecule is Cc1c(C(=O)NC(CCO)C2CC2)cnn1-c1ccc(F)cc1. The van der Waals surface area contributed by atoms with Gasteiger partial charge in [0.1, 0.15) is 5.82 Å². The molecule has 1 aliphatic rings. The molecule has 3 rings (SSSR count). The third kappa shape index (κ3) is 3.42. The quantitative estimate of drug-likeness (QED) is 0.858. The van der Waals surface area contributed by atoms with Crippen molar-refractivity contribution in [3.63, 3.8) is 0 Å². The van der Waals surface area contributed by atoms with Crippen molar-refractivity contribution in [3.8, 4) is 5.69 Å². The van der Waals surface area contributed by atoms with E-state index in [2.05, 4.69) is 10.4 Å². The number of aliphatic hydroxyl groups is 1. The minimum Gasteiger partial charge on any atom is -0.396 e. The van der Waals surface area contributed by atoms with E-state index < -0.39 is 0 Å². The van der Waals surface area contributed by atoms with E-state index in [0.29, 0.717) is 29.3 Å². The summed E-state index contributed by atoms with van der Waals surface area (Å²) in [5, 5.41) is 16.4. The molecule has 1 aliphatic carbocycles. The van der Waals surface area contributed by atoms with Gasteiger partial charge in [-0.3, -0.25) is 4.79 Å². The molecule has 0 aliphatic heterocycles. The van der Waals surface area contributed by atoms with Crippen LogP contribution in [-0.2, 0) is 0 Å². The van der Waals surface area contributed by atoms with Crippen LogP contribution in [0.15, 0.2) is 30.5 Å². The van der Waals surface area contributed by atoms with Gasteiger partial charge < -0.3 is 10.4 Å². The molecule has 1 heterocycles. The molecule has 0 bridgehead atoms. The molecule has 5 nitrogen and oxygen atoms in total. The van der Waals surface area contributed by atoms with Crippen molar-refractivity contribution < 1.29 is 14.3 Å². The van der Waals surface area contributed by atoms with Crippen molar-refractivity contribution in [3.05, 3.63) is 47.5 Å². The summed E-state index contributed by atoms with van der Waals surface area (Å²) in [6, 6.07) is 5.98. The maximum Gasteiger partial charge on any atom is 0.254 e. The molecule has 122 valence electrons. The third-order valence-corrected chi connectivity index (χ3v) is 4.27. The van der Waals surface area contributed by atoms with Gasteiger partial charge in [-0.15, -0.1) is 0 Å². The highest BCUT2D eigenvalue weighted by Gasteiger charge is 2.32. The number of rotatable bonds is 6.